The number of phenols is 1. The lowest BCUT2D eigenvalue weighted by Crippen LogP contribution is -2.64. The SMILES string of the molecule is [C-]#[N+]C[C@@H](O)[C@@H]1NC(=O)[C@H]([C@H](O)Cc2ccc(O)c(OSOOO)c2)NC(=O)[C@@H]2C[C@H](O)CN2C(=O)[C@H]([C@H](C)O)NC(=O)[C@@H](NC(=O)c2ccc(-c3nnc(-c4ccc(N5C[C@@H](C)O[C@@H](C)C5)cc4)s3)cc2)C[C@H](O)CNC(=O)[C@@H]2[C@@H](O)[C@H](C)CN2C1=O. The summed E-state index contributed by atoms with van der Waals surface area (Å²) >= 11 is 1.38. The second-order valence-electron chi connectivity index (χ2n) is 22.1. The van der Waals surface area contributed by atoms with E-state index in [4.69, 9.17) is 20.7 Å². The van der Waals surface area contributed by atoms with E-state index in [0.717, 1.165) is 53.2 Å². The zero-order valence-electron chi connectivity index (χ0n) is 47.9. The van der Waals surface area contributed by atoms with Crippen LogP contribution in [0.5, 0.6) is 11.5 Å². The van der Waals surface area contributed by atoms with Crippen molar-refractivity contribution in [3.05, 3.63) is 89.3 Å². The second-order valence-corrected chi connectivity index (χ2v) is 23.6. The summed E-state index contributed by atoms with van der Waals surface area (Å²) in [7, 11) is 0. The average Bonchev–Trinajstić information content (AvgIpc) is 3.34. The predicted octanol–water partition coefficient (Wildman–Crippen LogP) is -1.58. The van der Waals surface area contributed by atoms with Gasteiger partial charge in [-0.2, -0.15) is 0 Å². The fourth-order valence-electron chi connectivity index (χ4n) is 11.0. The van der Waals surface area contributed by atoms with Crippen LogP contribution in [0.4, 0.5) is 5.69 Å². The molecule has 0 aliphatic carbocycles. The molecule has 474 valence electrons. The van der Waals surface area contributed by atoms with Gasteiger partial charge in [0.2, 0.25) is 42.0 Å². The topological polar surface area (TPSA) is 418 Å². The van der Waals surface area contributed by atoms with Gasteiger partial charge in [0.1, 0.15) is 46.3 Å². The molecule has 32 heteroatoms. The number of hydrogen-bond donors (Lipinski definition) is 13. The molecule has 88 heavy (non-hydrogen) atoms. The number of benzene rings is 3. The molecule has 4 saturated heterocycles. The number of nitrogens with zero attached hydrogens (tertiary/aromatic N) is 6. The first-order valence-corrected chi connectivity index (χ1v) is 29.5. The van der Waals surface area contributed by atoms with Crippen molar-refractivity contribution in [1.82, 2.24) is 46.6 Å². The van der Waals surface area contributed by atoms with Gasteiger partial charge < -0.3 is 90.8 Å². The normalized spacial score (nSPS) is 28.0. The molecule has 3 aromatic carbocycles. The van der Waals surface area contributed by atoms with Gasteiger partial charge in [0.25, 0.3) is 18.2 Å². The highest BCUT2D eigenvalue weighted by Crippen LogP contribution is 2.34. The number of aliphatic hydroxyl groups is 6. The molecule has 8 rings (SSSR count). The Balaban J connectivity index is 1.07. The summed E-state index contributed by atoms with van der Waals surface area (Å²) in [5.41, 5.74) is 2.60. The maximum absolute atomic E-state index is 14.6. The van der Waals surface area contributed by atoms with Gasteiger partial charge in [0.05, 0.1) is 42.7 Å². The number of β-amino-alcohol motifs (C(OH)–C–C–N with tert-alkyl or cyclic N) is 1. The number of rotatable bonds is 15. The number of carbonyl (C=O) groups is 7. The zero-order chi connectivity index (χ0) is 63.7. The number of ether oxygens (including phenoxy) is 1. The molecule has 0 spiro atoms. The van der Waals surface area contributed by atoms with Gasteiger partial charge in [0, 0.05) is 80.3 Å². The molecule has 4 fully saturated rings. The molecule has 1 aromatic heterocycles. The largest absolute Gasteiger partial charge is 0.504 e. The van der Waals surface area contributed by atoms with Crippen molar-refractivity contribution in [3.63, 3.8) is 0 Å². The number of anilines is 1. The monoisotopic (exact) mass is 1260 g/mol. The number of morpholine rings is 1. The number of aromatic hydroxyl groups is 1. The molecule has 13 N–H and O–H groups in total. The highest BCUT2D eigenvalue weighted by atomic mass is 32.2. The van der Waals surface area contributed by atoms with E-state index in [1.54, 1.807) is 12.1 Å². The number of amides is 7. The number of fused-ring (bicyclic) bond motifs is 2. The minimum atomic E-state index is -2.15. The summed E-state index contributed by atoms with van der Waals surface area (Å²) in [6.45, 7) is 13.2. The Morgan fingerprint density at radius 1 is 0.784 bits per heavy atom. The first-order chi connectivity index (χ1) is 41.9. The van der Waals surface area contributed by atoms with Gasteiger partial charge in [-0.15, -0.1) is 10.2 Å². The fraction of sp³-hybridized carbons (Fsp3) is 0.500. The Morgan fingerprint density at radius 2 is 1.41 bits per heavy atom. The molecule has 15 atom stereocenters. The van der Waals surface area contributed by atoms with E-state index in [2.05, 4.69) is 55.9 Å². The fourth-order valence-corrected chi connectivity index (χ4v) is 12.1. The first kappa shape index (κ1) is 66.3. The molecule has 0 radical (unpaired) electrons. The van der Waals surface area contributed by atoms with Gasteiger partial charge in [-0.25, -0.2) is 11.8 Å². The van der Waals surface area contributed by atoms with Crippen LogP contribution in [-0.4, -0.2) is 227 Å². The van der Waals surface area contributed by atoms with Crippen LogP contribution in [0.3, 0.4) is 0 Å². The maximum Gasteiger partial charge on any atom is 0.261 e. The van der Waals surface area contributed by atoms with Crippen molar-refractivity contribution in [2.75, 3.05) is 44.2 Å². The molecular formula is C56H69N11O19S2. The van der Waals surface area contributed by atoms with E-state index in [0.29, 0.717) is 15.6 Å². The lowest BCUT2D eigenvalue weighted by Gasteiger charge is -2.36. The Labute approximate surface area is 512 Å². The third-order valence-corrected chi connectivity index (χ3v) is 16.8. The Morgan fingerprint density at radius 3 is 2.05 bits per heavy atom. The Kier molecular flexibility index (Phi) is 22.3. The third-order valence-electron chi connectivity index (χ3n) is 15.4. The van der Waals surface area contributed by atoms with Crippen LogP contribution in [0, 0.1) is 12.5 Å². The molecule has 4 aromatic rings. The van der Waals surface area contributed by atoms with E-state index in [-0.39, 0.29) is 48.0 Å². The average molecular weight is 1260 g/mol. The highest BCUT2D eigenvalue weighted by Gasteiger charge is 2.50. The van der Waals surface area contributed by atoms with Crippen molar-refractivity contribution in [3.8, 4) is 32.6 Å². The summed E-state index contributed by atoms with van der Waals surface area (Å²) < 4.78 is 15.2. The smallest absolute Gasteiger partial charge is 0.261 e. The van der Waals surface area contributed by atoms with Crippen LogP contribution in [0.2, 0.25) is 0 Å². The van der Waals surface area contributed by atoms with Crippen molar-refractivity contribution in [1.29, 1.82) is 0 Å². The summed E-state index contributed by atoms with van der Waals surface area (Å²) in [5, 5.41) is 112. The molecule has 0 saturated carbocycles. The Hall–Kier alpha value is -7.65. The zero-order valence-corrected chi connectivity index (χ0v) is 49.6. The van der Waals surface area contributed by atoms with Crippen molar-refractivity contribution >= 4 is 70.7 Å². The van der Waals surface area contributed by atoms with Gasteiger partial charge >= 0.3 is 0 Å². The van der Waals surface area contributed by atoms with Crippen LogP contribution in [0.1, 0.15) is 56.5 Å². The molecule has 30 nitrogen and oxygen atoms in total. The van der Waals surface area contributed by atoms with Crippen molar-refractivity contribution in [2.45, 2.75) is 132 Å². The lowest BCUT2D eigenvalue weighted by molar-refractivity contribution is -0.433. The molecule has 7 amide bonds. The number of phenolic OH excluding ortho intramolecular Hbond substituents is 1. The lowest BCUT2D eigenvalue weighted by atomic mass is 9.99. The van der Waals surface area contributed by atoms with E-state index >= 15 is 0 Å². The number of hydrogen-bond acceptors (Lipinski definition) is 24. The van der Waals surface area contributed by atoms with Crippen LogP contribution in [0.25, 0.3) is 26.0 Å². The van der Waals surface area contributed by atoms with Crippen LogP contribution < -0.4 is 35.7 Å². The maximum atomic E-state index is 14.6. The molecule has 4 aliphatic heterocycles. The summed E-state index contributed by atoms with van der Waals surface area (Å²) in [6.07, 6.45) is -12.1. The van der Waals surface area contributed by atoms with Crippen LogP contribution >= 0.6 is 23.7 Å². The van der Waals surface area contributed by atoms with E-state index < -0.39 is 165 Å². The molecular weight excluding hydrogens is 1190 g/mol. The summed E-state index contributed by atoms with van der Waals surface area (Å²) in [6, 6.07) is 6.17. The standard InChI is InChI=1S/C56H69N11O19S2/c1-26-22-67-46(47(26)74)52(79)58-20-35(69)18-37(59-48(75)31-7-9-32(10-8-31)53-63-64-54(87-53)33-11-13-34(14-12-33)65-23-27(2)83-28(3)24-65)49(76)60-43(29(4)68)55(80)66-25-36(70)19-38(66)50(77)61-44(51(78)62-45(56(67)81)41(73)21-57-5)40(72)16-30-6-15-39(71)42(17-30)84-88-86-85-82/h6-15,17,26-29,35-38,40-41,43-47,68-74,82H,16,18-25H2,1-4H3,(H,58,79)(H,59,75)(H,60,76)(H,61,77)(H,62,78)/t26-,27-,28+,29+,35+,36+,37+,38+,40-,41-,43+,44+,45+,46+,47+/m1/s1. The van der Waals surface area contributed by atoms with E-state index in [1.807, 2.05) is 38.1 Å². The molecule has 0 unspecified atom stereocenters. The summed E-state index contributed by atoms with van der Waals surface area (Å²) in [5.74, 6) is -9.63. The van der Waals surface area contributed by atoms with Crippen LogP contribution in [-0.2, 0) is 49.3 Å². The van der Waals surface area contributed by atoms with Crippen LogP contribution in [0.15, 0.2) is 66.7 Å². The van der Waals surface area contributed by atoms with Gasteiger partial charge in [-0.3, -0.25) is 33.6 Å². The van der Waals surface area contributed by atoms with Crippen molar-refractivity contribution < 1.29 is 92.9 Å². The van der Waals surface area contributed by atoms with Gasteiger partial charge in [-0.05, 0) is 74.9 Å². The minimum absolute atomic E-state index is 0.0166. The number of aliphatic hydroxyl groups excluding tert-OH is 6. The molecule has 5 heterocycles. The highest BCUT2D eigenvalue weighted by molar-refractivity contribution is 7.90. The number of carbonyl (C=O) groups excluding carboxylic acids is 7. The third kappa shape index (κ3) is 16.0. The number of nitrogens with one attached hydrogen (secondary N) is 5. The Bertz CT molecular complexity index is 3180. The van der Waals surface area contributed by atoms with Gasteiger partial charge in [0.15, 0.2) is 17.6 Å². The van der Waals surface area contributed by atoms with E-state index in [1.165, 1.54) is 36.5 Å². The molecule has 4 aliphatic rings. The quantitative estimate of drug-likeness (QED) is 0.0210. The van der Waals surface area contributed by atoms with Crippen molar-refractivity contribution in [2.24, 2.45) is 5.92 Å². The van der Waals surface area contributed by atoms with E-state index in [9.17, 15) is 69.3 Å². The first-order valence-electron chi connectivity index (χ1n) is 28.0. The van der Waals surface area contributed by atoms with Gasteiger partial charge in [-0.1, -0.05) is 45.8 Å². The molecule has 0 bridgehead atoms. The summed E-state index contributed by atoms with van der Waals surface area (Å²) in [4.78, 5) is 108. The predicted molar refractivity (Wildman–Crippen MR) is 310 cm³/mol. The second kappa shape index (κ2) is 29.6. The number of aromatic nitrogens is 2. The minimum Gasteiger partial charge on any atom is -0.504 e.